The van der Waals surface area contributed by atoms with Crippen molar-refractivity contribution in [3.8, 4) is 0 Å². The fourth-order valence-corrected chi connectivity index (χ4v) is 2.22. The molecule has 1 saturated carbocycles. The summed E-state index contributed by atoms with van der Waals surface area (Å²) in [6.45, 7) is 0.233. The molecule has 0 spiro atoms. The third-order valence-corrected chi connectivity index (χ3v) is 2.90. The van der Waals surface area contributed by atoms with Gasteiger partial charge in [-0.1, -0.05) is 6.42 Å². The first-order valence-corrected chi connectivity index (χ1v) is 4.86. The van der Waals surface area contributed by atoms with Crippen molar-refractivity contribution in [2.24, 2.45) is 11.8 Å². The van der Waals surface area contributed by atoms with Gasteiger partial charge in [0.15, 0.2) is 0 Å². The van der Waals surface area contributed by atoms with E-state index >= 15 is 0 Å². The van der Waals surface area contributed by atoms with Gasteiger partial charge in [0.05, 0.1) is 12.0 Å². The standard InChI is InChI=1S/C9H16F3NO/c1-13-5-8(14)6-3-2-4-7(6)9(10,11)12/h6-8,13-14H,2-5H2,1H3. The highest BCUT2D eigenvalue weighted by molar-refractivity contribution is 4.87. The zero-order valence-corrected chi connectivity index (χ0v) is 8.14. The molecule has 2 nitrogen and oxygen atoms in total. The molecule has 0 bridgehead atoms. The molecule has 2 N–H and O–H groups in total. The lowest BCUT2D eigenvalue weighted by Gasteiger charge is -2.26. The molecule has 0 aromatic rings. The first-order chi connectivity index (χ1) is 6.46. The van der Waals surface area contributed by atoms with Crippen LogP contribution >= 0.6 is 0 Å². The minimum absolute atomic E-state index is 0.162. The quantitative estimate of drug-likeness (QED) is 0.742. The normalized spacial score (nSPS) is 30.6. The second-order valence-electron chi connectivity index (χ2n) is 3.87. The van der Waals surface area contributed by atoms with E-state index < -0.39 is 24.1 Å². The van der Waals surface area contributed by atoms with Gasteiger partial charge in [-0.3, -0.25) is 0 Å². The molecule has 1 fully saturated rings. The van der Waals surface area contributed by atoms with Gasteiger partial charge in [-0.25, -0.2) is 0 Å². The molecule has 14 heavy (non-hydrogen) atoms. The van der Waals surface area contributed by atoms with E-state index in [1.807, 2.05) is 0 Å². The Balaban J connectivity index is 2.59. The summed E-state index contributed by atoms with van der Waals surface area (Å²) in [7, 11) is 1.63. The third kappa shape index (κ3) is 2.60. The van der Waals surface area contributed by atoms with Gasteiger partial charge in [0.2, 0.25) is 0 Å². The molecule has 5 heteroatoms. The molecule has 1 aliphatic carbocycles. The van der Waals surface area contributed by atoms with Crippen LogP contribution < -0.4 is 5.32 Å². The van der Waals surface area contributed by atoms with E-state index in [1.165, 1.54) is 0 Å². The zero-order valence-electron chi connectivity index (χ0n) is 8.14. The van der Waals surface area contributed by atoms with E-state index in [1.54, 1.807) is 7.05 Å². The van der Waals surface area contributed by atoms with Gasteiger partial charge in [0.1, 0.15) is 0 Å². The van der Waals surface area contributed by atoms with Gasteiger partial charge < -0.3 is 10.4 Å². The Hall–Kier alpha value is -0.290. The highest BCUT2D eigenvalue weighted by atomic mass is 19.4. The Bertz CT molecular complexity index is 183. The summed E-state index contributed by atoms with van der Waals surface area (Å²) in [5.74, 6) is -1.94. The average molecular weight is 211 g/mol. The smallest absolute Gasteiger partial charge is 0.391 e. The summed E-state index contributed by atoms with van der Waals surface area (Å²) in [6, 6.07) is 0. The van der Waals surface area contributed by atoms with Crippen LogP contribution in [0.1, 0.15) is 19.3 Å². The molecule has 3 unspecified atom stereocenters. The highest BCUT2D eigenvalue weighted by Crippen LogP contribution is 2.44. The van der Waals surface area contributed by atoms with Crippen LogP contribution in [0.25, 0.3) is 0 Å². The van der Waals surface area contributed by atoms with Crippen LogP contribution in [-0.2, 0) is 0 Å². The maximum absolute atomic E-state index is 12.5. The highest BCUT2D eigenvalue weighted by Gasteiger charge is 2.48. The number of aliphatic hydroxyl groups excluding tert-OH is 1. The number of rotatable bonds is 3. The van der Waals surface area contributed by atoms with Crippen LogP contribution in [0.3, 0.4) is 0 Å². The SMILES string of the molecule is CNCC(O)C1CCCC1C(F)(F)F. The molecule has 0 radical (unpaired) electrons. The van der Waals surface area contributed by atoms with Crippen molar-refractivity contribution in [2.45, 2.75) is 31.5 Å². The average Bonchev–Trinajstić information content (AvgIpc) is 2.50. The maximum atomic E-state index is 12.5. The lowest BCUT2D eigenvalue weighted by molar-refractivity contribution is -0.191. The number of hydrogen-bond donors (Lipinski definition) is 2. The number of likely N-dealkylation sites (N-methyl/N-ethyl adjacent to an activating group) is 1. The summed E-state index contributed by atoms with van der Waals surface area (Å²) >= 11 is 0. The molecule has 0 aromatic carbocycles. The molecule has 1 aliphatic rings. The molecule has 0 aromatic heterocycles. The van der Waals surface area contributed by atoms with Crippen molar-refractivity contribution in [1.29, 1.82) is 0 Å². The van der Waals surface area contributed by atoms with E-state index in [2.05, 4.69) is 5.32 Å². The fraction of sp³-hybridized carbons (Fsp3) is 1.00. The van der Waals surface area contributed by atoms with Crippen LogP contribution in [0.2, 0.25) is 0 Å². The monoisotopic (exact) mass is 211 g/mol. The molecule has 0 heterocycles. The number of halogens is 3. The van der Waals surface area contributed by atoms with Crippen LogP contribution in [-0.4, -0.2) is 31.0 Å². The van der Waals surface area contributed by atoms with Gasteiger partial charge in [0.25, 0.3) is 0 Å². The number of nitrogens with one attached hydrogen (secondary N) is 1. The van der Waals surface area contributed by atoms with Crippen LogP contribution in [0, 0.1) is 11.8 Å². The molecular weight excluding hydrogens is 195 g/mol. The predicted molar refractivity (Wildman–Crippen MR) is 46.8 cm³/mol. The number of hydrogen-bond acceptors (Lipinski definition) is 2. The fourth-order valence-electron chi connectivity index (χ4n) is 2.22. The Morgan fingerprint density at radius 1 is 1.43 bits per heavy atom. The Kier molecular flexibility index (Phi) is 3.78. The minimum atomic E-state index is -4.16. The van der Waals surface area contributed by atoms with Crippen molar-refractivity contribution < 1.29 is 18.3 Å². The largest absolute Gasteiger partial charge is 0.392 e. The first kappa shape index (κ1) is 11.8. The van der Waals surface area contributed by atoms with Crippen molar-refractivity contribution in [1.82, 2.24) is 5.32 Å². The molecule has 1 rings (SSSR count). The van der Waals surface area contributed by atoms with Crippen molar-refractivity contribution in [3.05, 3.63) is 0 Å². The van der Waals surface area contributed by atoms with E-state index in [4.69, 9.17) is 0 Å². The molecule has 0 aliphatic heterocycles. The summed E-state index contributed by atoms with van der Waals surface area (Å²) in [5, 5.41) is 12.2. The van der Waals surface area contributed by atoms with Crippen LogP contribution in [0.5, 0.6) is 0 Å². The maximum Gasteiger partial charge on any atom is 0.392 e. The Labute approximate surface area is 81.5 Å². The van der Waals surface area contributed by atoms with Crippen molar-refractivity contribution >= 4 is 0 Å². The van der Waals surface area contributed by atoms with Gasteiger partial charge in [-0.15, -0.1) is 0 Å². The van der Waals surface area contributed by atoms with E-state index in [9.17, 15) is 18.3 Å². The van der Waals surface area contributed by atoms with E-state index in [-0.39, 0.29) is 13.0 Å². The van der Waals surface area contributed by atoms with Gasteiger partial charge in [-0.2, -0.15) is 13.2 Å². The Morgan fingerprint density at radius 3 is 2.57 bits per heavy atom. The summed E-state index contributed by atoms with van der Waals surface area (Å²) in [6.07, 6.45) is -3.83. The number of alkyl halides is 3. The molecule has 3 atom stereocenters. The van der Waals surface area contributed by atoms with Crippen LogP contribution in [0.4, 0.5) is 13.2 Å². The number of aliphatic hydroxyl groups is 1. The van der Waals surface area contributed by atoms with Crippen LogP contribution in [0.15, 0.2) is 0 Å². The topological polar surface area (TPSA) is 32.3 Å². The summed E-state index contributed by atoms with van der Waals surface area (Å²) in [5.41, 5.74) is 0. The minimum Gasteiger partial charge on any atom is -0.391 e. The first-order valence-electron chi connectivity index (χ1n) is 4.86. The third-order valence-electron chi connectivity index (χ3n) is 2.90. The Morgan fingerprint density at radius 2 is 2.07 bits per heavy atom. The van der Waals surface area contributed by atoms with E-state index in [0.717, 1.165) is 0 Å². The predicted octanol–water partition coefficient (Wildman–Crippen LogP) is 1.55. The van der Waals surface area contributed by atoms with Crippen molar-refractivity contribution in [3.63, 3.8) is 0 Å². The second kappa shape index (κ2) is 4.49. The van der Waals surface area contributed by atoms with Gasteiger partial charge in [-0.05, 0) is 25.8 Å². The lowest BCUT2D eigenvalue weighted by Crippen LogP contribution is -2.38. The van der Waals surface area contributed by atoms with Crippen molar-refractivity contribution in [2.75, 3.05) is 13.6 Å². The van der Waals surface area contributed by atoms with Gasteiger partial charge >= 0.3 is 6.18 Å². The molecule has 0 amide bonds. The molecular formula is C9H16F3NO. The zero-order chi connectivity index (χ0) is 10.8. The molecule has 0 saturated heterocycles. The second-order valence-corrected chi connectivity index (χ2v) is 3.87. The summed E-state index contributed by atoms with van der Waals surface area (Å²) < 4.78 is 37.4. The summed E-state index contributed by atoms with van der Waals surface area (Å²) in [4.78, 5) is 0. The lowest BCUT2D eigenvalue weighted by atomic mass is 9.90. The van der Waals surface area contributed by atoms with E-state index in [0.29, 0.717) is 12.8 Å². The molecule has 84 valence electrons. The van der Waals surface area contributed by atoms with Gasteiger partial charge in [0, 0.05) is 6.54 Å².